The number of amidine groups is 1. The Balaban J connectivity index is 0.00000225. The Kier molecular flexibility index (Phi) is 6.45. The Morgan fingerprint density at radius 3 is 2.64 bits per heavy atom. The average Bonchev–Trinajstić information content (AvgIpc) is 2.91. The second-order valence-electron chi connectivity index (χ2n) is 5.89. The molecule has 25 heavy (non-hydrogen) atoms. The Hall–Kier alpha value is -2.05. The second-order valence-corrected chi connectivity index (χ2v) is 6.87. The van der Waals surface area contributed by atoms with Gasteiger partial charge < -0.3 is 4.90 Å². The van der Waals surface area contributed by atoms with Gasteiger partial charge in [-0.1, -0.05) is 42.1 Å². The molecule has 3 rings (SSSR count). The average molecular weight is 378 g/mol. The molecule has 2 aromatic rings. The Labute approximate surface area is 157 Å². The van der Waals surface area contributed by atoms with E-state index in [2.05, 4.69) is 36.2 Å². The van der Waals surface area contributed by atoms with Crippen LogP contribution < -0.4 is 0 Å². The van der Waals surface area contributed by atoms with Crippen LogP contribution >= 0.6 is 24.2 Å². The van der Waals surface area contributed by atoms with Crippen LogP contribution in [0.2, 0.25) is 0 Å². The highest BCUT2D eigenvalue weighted by molar-refractivity contribution is 8.14. The highest BCUT2D eigenvalue weighted by Gasteiger charge is 2.27. The minimum absolute atomic E-state index is 0. The van der Waals surface area contributed by atoms with Gasteiger partial charge in [0.2, 0.25) is 0 Å². The SMILES string of the molecule is Cc1cc([N+](=O)[O-])ccc1N=C1SC[C@H](Cc2ccccc2)N1C.Cl. The van der Waals surface area contributed by atoms with E-state index < -0.39 is 0 Å². The summed E-state index contributed by atoms with van der Waals surface area (Å²) in [6.07, 6.45) is 0.989. The molecular weight excluding hydrogens is 358 g/mol. The number of aryl methyl sites for hydroxylation is 1. The third kappa shape index (κ3) is 4.52. The Bertz CT molecular complexity index is 783. The summed E-state index contributed by atoms with van der Waals surface area (Å²) in [5.74, 6) is 0.996. The zero-order chi connectivity index (χ0) is 17.1. The van der Waals surface area contributed by atoms with E-state index in [1.165, 1.54) is 11.6 Å². The maximum atomic E-state index is 10.8. The Morgan fingerprint density at radius 1 is 1.28 bits per heavy atom. The highest BCUT2D eigenvalue weighted by atomic mass is 35.5. The van der Waals surface area contributed by atoms with Gasteiger partial charge in [-0.05, 0) is 30.5 Å². The first-order valence-corrected chi connectivity index (χ1v) is 8.76. The summed E-state index contributed by atoms with van der Waals surface area (Å²) in [6, 6.07) is 15.7. The molecule has 0 aliphatic carbocycles. The number of likely N-dealkylation sites (N-methyl/N-ethyl adjacent to an activating group) is 1. The van der Waals surface area contributed by atoms with Gasteiger partial charge in [0.15, 0.2) is 5.17 Å². The molecule has 1 heterocycles. The smallest absolute Gasteiger partial charge is 0.269 e. The summed E-state index contributed by atoms with van der Waals surface area (Å²) in [7, 11) is 2.06. The number of halogens is 1. The van der Waals surface area contributed by atoms with E-state index in [4.69, 9.17) is 4.99 Å². The number of aliphatic imine (C=N–C) groups is 1. The van der Waals surface area contributed by atoms with Gasteiger partial charge in [0.25, 0.3) is 5.69 Å². The zero-order valence-electron chi connectivity index (χ0n) is 14.1. The van der Waals surface area contributed by atoms with Gasteiger partial charge in [0.05, 0.1) is 10.6 Å². The topological polar surface area (TPSA) is 58.7 Å². The molecule has 0 spiro atoms. The third-order valence-corrected chi connectivity index (χ3v) is 5.36. The quantitative estimate of drug-likeness (QED) is 0.577. The monoisotopic (exact) mass is 377 g/mol. The summed E-state index contributed by atoms with van der Waals surface area (Å²) >= 11 is 1.73. The summed E-state index contributed by atoms with van der Waals surface area (Å²) in [4.78, 5) is 17.4. The highest BCUT2D eigenvalue weighted by Crippen LogP contribution is 2.30. The maximum absolute atomic E-state index is 10.8. The molecule has 1 aliphatic rings. The molecular formula is C18H20ClN3O2S. The predicted molar refractivity (Wildman–Crippen MR) is 106 cm³/mol. The van der Waals surface area contributed by atoms with Gasteiger partial charge in [-0.15, -0.1) is 12.4 Å². The molecule has 0 saturated carbocycles. The van der Waals surface area contributed by atoms with Crippen molar-refractivity contribution < 1.29 is 4.92 Å². The minimum atomic E-state index is -0.379. The van der Waals surface area contributed by atoms with Crippen molar-refractivity contribution in [1.82, 2.24) is 4.90 Å². The molecule has 0 amide bonds. The normalized spacial score (nSPS) is 18.2. The molecule has 1 atom stereocenters. The first-order valence-electron chi connectivity index (χ1n) is 7.78. The molecule has 1 fully saturated rings. The molecule has 0 radical (unpaired) electrons. The van der Waals surface area contributed by atoms with Crippen molar-refractivity contribution in [3.63, 3.8) is 0 Å². The predicted octanol–water partition coefficient (Wildman–Crippen LogP) is 4.60. The summed E-state index contributed by atoms with van der Waals surface area (Å²) in [5.41, 5.74) is 3.03. The number of thioether (sulfide) groups is 1. The van der Waals surface area contributed by atoms with E-state index in [-0.39, 0.29) is 23.0 Å². The first kappa shape index (κ1) is 19.3. The van der Waals surface area contributed by atoms with Gasteiger partial charge in [-0.3, -0.25) is 10.1 Å². The first-order chi connectivity index (χ1) is 11.5. The number of nitrogens with zero attached hydrogens (tertiary/aromatic N) is 3. The standard InChI is InChI=1S/C18H19N3O2S.ClH/c1-13-10-15(21(22)23)8-9-17(13)19-18-20(2)16(12-24-18)11-14-6-4-3-5-7-14;/h3-10,16H,11-12H2,1-2H3;1H/t16-;/m0./s1. The minimum Gasteiger partial charge on any atom is -0.350 e. The van der Waals surface area contributed by atoms with Gasteiger partial charge in [0, 0.05) is 31.0 Å². The fraction of sp³-hybridized carbons (Fsp3) is 0.278. The lowest BCUT2D eigenvalue weighted by Gasteiger charge is -2.21. The zero-order valence-corrected chi connectivity index (χ0v) is 15.7. The number of nitro benzene ring substituents is 1. The fourth-order valence-corrected chi connectivity index (χ4v) is 3.91. The van der Waals surface area contributed by atoms with Crippen LogP contribution in [0, 0.1) is 17.0 Å². The molecule has 0 bridgehead atoms. The van der Waals surface area contributed by atoms with Gasteiger partial charge in [-0.2, -0.15) is 0 Å². The molecule has 0 N–H and O–H groups in total. The summed E-state index contributed by atoms with van der Waals surface area (Å²) in [6.45, 7) is 1.85. The van der Waals surface area contributed by atoms with Crippen LogP contribution in [0.25, 0.3) is 0 Å². The second kappa shape index (κ2) is 8.36. The van der Waals surface area contributed by atoms with Crippen molar-refractivity contribution >= 4 is 40.7 Å². The fourth-order valence-electron chi connectivity index (χ4n) is 2.72. The summed E-state index contributed by atoms with van der Waals surface area (Å²) in [5, 5.41) is 11.8. The van der Waals surface area contributed by atoms with E-state index in [1.807, 2.05) is 13.0 Å². The van der Waals surface area contributed by atoms with E-state index in [9.17, 15) is 10.1 Å². The van der Waals surface area contributed by atoms with Crippen LogP contribution in [0.5, 0.6) is 0 Å². The number of hydrogen-bond donors (Lipinski definition) is 0. The third-order valence-electron chi connectivity index (χ3n) is 4.18. The number of benzene rings is 2. The molecule has 132 valence electrons. The van der Waals surface area contributed by atoms with Gasteiger partial charge >= 0.3 is 0 Å². The molecule has 0 aromatic heterocycles. The van der Waals surface area contributed by atoms with E-state index in [0.717, 1.165) is 28.6 Å². The van der Waals surface area contributed by atoms with Crippen LogP contribution in [-0.4, -0.2) is 33.8 Å². The maximum Gasteiger partial charge on any atom is 0.269 e. The van der Waals surface area contributed by atoms with Crippen LogP contribution in [0.4, 0.5) is 11.4 Å². The van der Waals surface area contributed by atoms with Crippen molar-refractivity contribution in [2.45, 2.75) is 19.4 Å². The van der Waals surface area contributed by atoms with E-state index >= 15 is 0 Å². The van der Waals surface area contributed by atoms with Crippen LogP contribution in [0.1, 0.15) is 11.1 Å². The molecule has 7 heteroatoms. The molecule has 2 aromatic carbocycles. The number of hydrogen-bond acceptors (Lipinski definition) is 4. The van der Waals surface area contributed by atoms with Crippen molar-refractivity contribution in [3.05, 3.63) is 69.8 Å². The molecule has 0 unspecified atom stereocenters. The van der Waals surface area contributed by atoms with Crippen molar-refractivity contribution in [3.8, 4) is 0 Å². The van der Waals surface area contributed by atoms with Crippen LogP contribution in [-0.2, 0) is 6.42 Å². The molecule has 5 nitrogen and oxygen atoms in total. The van der Waals surface area contributed by atoms with Crippen molar-refractivity contribution in [2.24, 2.45) is 4.99 Å². The lowest BCUT2D eigenvalue weighted by atomic mass is 10.1. The molecule has 1 saturated heterocycles. The van der Waals surface area contributed by atoms with Crippen molar-refractivity contribution in [2.75, 3.05) is 12.8 Å². The van der Waals surface area contributed by atoms with Gasteiger partial charge in [0.1, 0.15) is 0 Å². The Morgan fingerprint density at radius 2 is 2.00 bits per heavy atom. The van der Waals surface area contributed by atoms with Gasteiger partial charge in [-0.25, -0.2) is 4.99 Å². The van der Waals surface area contributed by atoms with Crippen molar-refractivity contribution in [1.29, 1.82) is 0 Å². The number of nitro groups is 1. The van der Waals surface area contributed by atoms with Crippen LogP contribution in [0.3, 0.4) is 0 Å². The lowest BCUT2D eigenvalue weighted by Crippen LogP contribution is -2.31. The van der Waals surface area contributed by atoms with Crippen LogP contribution in [0.15, 0.2) is 53.5 Å². The van der Waals surface area contributed by atoms with E-state index in [0.29, 0.717) is 6.04 Å². The lowest BCUT2D eigenvalue weighted by molar-refractivity contribution is -0.384. The number of non-ortho nitro benzene ring substituents is 1. The number of rotatable bonds is 4. The summed E-state index contributed by atoms with van der Waals surface area (Å²) < 4.78 is 0. The molecule has 1 aliphatic heterocycles. The van der Waals surface area contributed by atoms with E-state index in [1.54, 1.807) is 23.9 Å². The largest absolute Gasteiger partial charge is 0.350 e.